The van der Waals surface area contributed by atoms with Gasteiger partial charge in [-0.2, -0.15) is 0 Å². The average molecular weight is 278 g/mol. The predicted molar refractivity (Wildman–Crippen MR) is 82.4 cm³/mol. The molecule has 0 aromatic heterocycles. The van der Waals surface area contributed by atoms with Crippen LogP contribution in [0.25, 0.3) is 0 Å². The molecular formula is C16H26N2O2. The third-order valence-electron chi connectivity index (χ3n) is 3.87. The van der Waals surface area contributed by atoms with Gasteiger partial charge in [-0.3, -0.25) is 0 Å². The Morgan fingerprint density at radius 2 is 2.15 bits per heavy atom. The lowest BCUT2D eigenvalue weighted by atomic mass is 9.99. The third-order valence-corrected chi connectivity index (χ3v) is 3.87. The van der Waals surface area contributed by atoms with Gasteiger partial charge in [-0.25, -0.2) is 0 Å². The third kappa shape index (κ3) is 4.39. The number of anilines is 1. The minimum atomic E-state index is 0.715. The molecule has 0 saturated carbocycles. The van der Waals surface area contributed by atoms with E-state index in [2.05, 4.69) is 17.0 Å². The van der Waals surface area contributed by atoms with Crippen LogP contribution in [0.1, 0.15) is 19.3 Å². The Morgan fingerprint density at radius 1 is 1.35 bits per heavy atom. The van der Waals surface area contributed by atoms with Crippen LogP contribution in [-0.4, -0.2) is 40.0 Å². The summed E-state index contributed by atoms with van der Waals surface area (Å²) in [6.45, 7) is 4.60. The van der Waals surface area contributed by atoms with E-state index in [0.29, 0.717) is 5.92 Å². The quantitative estimate of drug-likeness (QED) is 0.831. The van der Waals surface area contributed by atoms with Gasteiger partial charge in [0.1, 0.15) is 5.75 Å². The fourth-order valence-electron chi connectivity index (χ4n) is 2.66. The van der Waals surface area contributed by atoms with E-state index >= 15 is 0 Å². The molecule has 0 amide bonds. The van der Waals surface area contributed by atoms with Crippen molar-refractivity contribution in [2.75, 3.05) is 44.9 Å². The van der Waals surface area contributed by atoms with Gasteiger partial charge in [-0.15, -0.1) is 0 Å². The summed E-state index contributed by atoms with van der Waals surface area (Å²) in [6.07, 6.45) is 3.33. The molecule has 2 rings (SSSR count). The van der Waals surface area contributed by atoms with Crippen molar-refractivity contribution in [3.63, 3.8) is 0 Å². The smallest absolute Gasteiger partial charge is 0.120 e. The van der Waals surface area contributed by atoms with Crippen LogP contribution in [-0.2, 0) is 4.74 Å². The zero-order valence-electron chi connectivity index (χ0n) is 12.4. The monoisotopic (exact) mass is 278 g/mol. The predicted octanol–water partition coefficient (Wildman–Crippen LogP) is 2.28. The highest BCUT2D eigenvalue weighted by Gasteiger charge is 2.18. The maximum Gasteiger partial charge on any atom is 0.120 e. The number of methoxy groups -OCH3 is 1. The fourth-order valence-corrected chi connectivity index (χ4v) is 2.66. The van der Waals surface area contributed by atoms with Gasteiger partial charge in [0, 0.05) is 38.1 Å². The van der Waals surface area contributed by atoms with Crippen molar-refractivity contribution in [3.05, 3.63) is 24.3 Å². The van der Waals surface area contributed by atoms with Gasteiger partial charge < -0.3 is 20.1 Å². The molecule has 0 radical (unpaired) electrons. The maximum atomic E-state index is 5.67. The number of hydrogen-bond donors (Lipinski definition) is 1. The summed E-state index contributed by atoms with van der Waals surface area (Å²) in [4.78, 5) is 2.44. The van der Waals surface area contributed by atoms with Crippen LogP contribution < -0.4 is 15.4 Å². The second-order valence-electron chi connectivity index (χ2n) is 5.35. The lowest BCUT2D eigenvalue weighted by molar-refractivity contribution is 0.0682. The minimum absolute atomic E-state index is 0.715. The van der Waals surface area contributed by atoms with E-state index in [9.17, 15) is 0 Å². The van der Waals surface area contributed by atoms with Crippen LogP contribution in [0.15, 0.2) is 24.3 Å². The first kappa shape index (κ1) is 15.1. The van der Waals surface area contributed by atoms with Gasteiger partial charge in [-0.1, -0.05) is 6.07 Å². The van der Waals surface area contributed by atoms with Crippen LogP contribution in [0.2, 0.25) is 0 Å². The largest absolute Gasteiger partial charge is 0.497 e. The van der Waals surface area contributed by atoms with Crippen LogP contribution in [0, 0.1) is 5.92 Å². The Hall–Kier alpha value is -1.26. The first-order chi connectivity index (χ1) is 9.83. The molecule has 1 aliphatic heterocycles. The number of hydrogen-bond acceptors (Lipinski definition) is 4. The highest BCUT2D eigenvalue weighted by molar-refractivity contribution is 5.50. The zero-order chi connectivity index (χ0) is 14.2. The lowest BCUT2D eigenvalue weighted by Crippen LogP contribution is -2.34. The highest BCUT2D eigenvalue weighted by atomic mass is 16.5. The lowest BCUT2D eigenvalue weighted by Gasteiger charge is -2.31. The summed E-state index contributed by atoms with van der Waals surface area (Å²) in [7, 11) is 1.71. The molecule has 2 N–H and O–H groups in total. The molecule has 0 unspecified atom stereocenters. The van der Waals surface area contributed by atoms with Gasteiger partial charge in [-0.05, 0) is 43.9 Å². The summed E-state index contributed by atoms with van der Waals surface area (Å²) in [5.74, 6) is 1.62. The summed E-state index contributed by atoms with van der Waals surface area (Å²) in [5.41, 5.74) is 6.90. The maximum absolute atomic E-state index is 5.67. The molecule has 112 valence electrons. The number of nitrogens with zero attached hydrogens (tertiary/aromatic N) is 1. The van der Waals surface area contributed by atoms with Crippen LogP contribution in [0.4, 0.5) is 5.69 Å². The van der Waals surface area contributed by atoms with Crippen LogP contribution in [0.5, 0.6) is 5.75 Å². The van der Waals surface area contributed by atoms with Crippen molar-refractivity contribution < 1.29 is 9.47 Å². The van der Waals surface area contributed by atoms with Crippen LogP contribution in [0.3, 0.4) is 0 Å². The van der Waals surface area contributed by atoms with Crippen molar-refractivity contribution in [1.82, 2.24) is 0 Å². The second-order valence-corrected chi connectivity index (χ2v) is 5.35. The molecule has 20 heavy (non-hydrogen) atoms. The Morgan fingerprint density at radius 3 is 2.85 bits per heavy atom. The Bertz CT molecular complexity index is 392. The molecule has 1 saturated heterocycles. The Labute approximate surface area is 121 Å². The molecule has 0 bridgehead atoms. The van der Waals surface area contributed by atoms with E-state index in [1.165, 1.54) is 5.69 Å². The molecular weight excluding hydrogens is 252 g/mol. The minimum Gasteiger partial charge on any atom is -0.497 e. The standard InChI is InChI=1S/C16H26N2O2/c1-19-16-5-2-4-15(12-16)18(9-3-8-17)13-14-6-10-20-11-7-14/h2,4-5,12,14H,3,6-11,13,17H2,1H3. The molecule has 1 fully saturated rings. The van der Waals surface area contributed by atoms with Crippen molar-refractivity contribution in [1.29, 1.82) is 0 Å². The van der Waals surface area contributed by atoms with Gasteiger partial charge >= 0.3 is 0 Å². The second kappa shape index (κ2) is 8.12. The van der Waals surface area contributed by atoms with E-state index in [0.717, 1.165) is 57.9 Å². The van der Waals surface area contributed by atoms with Gasteiger partial charge in [0.15, 0.2) is 0 Å². The van der Waals surface area contributed by atoms with Crippen LogP contribution >= 0.6 is 0 Å². The SMILES string of the molecule is COc1cccc(N(CCCN)CC2CCOCC2)c1. The molecule has 1 aromatic carbocycles. The summed E-state index contributed by atoms with van der Waals surface area (Å²) in [5, 5.41) is 0. The van der Waals surface area contributed by atoms with Crippen molar-refractivity contribution in [2.24, 2.45) is 11.7 Å². The first-order valence-corrected chi connectivity index (χ1v) is 7.50. The summed E-state index contributed by atoms with van der Waals surface area (Å²) >= 11 is 0. The molecule has 0 atom stereocenters. The number of nitrogens with two attached hydrogens (primary N) is 1. The normalized spacial score (nSPS) is 16.1. The molecule has 4 heteroatoms. The molecule has 4 nitrogen and oxygen atoms in total. The van der Waals surface area contributed by atoms with Crippen molar-refractivity contribution in [3.8, 4) is 5.75 Å². The summed E-state index contributed by atoms with van der Waals surface area (Å²) < 4.78 is 10.8. The summed E-state index contributed by atoms with van der Waals surface area (Å²) in [6, 6.07) is 8.29. The molecule has 1 aromatic rings. The topological polar surface area (TPSA) is 47.7 Å². The van der Waals surface area contributed by atoms with E-state index < -0.39 is 0 Å². The van der Waals surface area contributed by atoms with Gasteiger partial charge in [0.25, 0.3) is 0 Å². The zero-order valence-corrected chi connectivity index (χ0v) is 12.4. The molecule has 1 heterocycles. The fraction of sp³-hybridized carbons (Fsp3) is 0.625. The Kier molecular flexibility index (Phi) is 6.15. The number of benzene rings is 1. The van der Waals surface area contributed by atoms with Crippen molar-refractivity contribution in [2.45, 2.75) is 19.3 Å². The molecule has 0 spiro atoms. The van der Waals surface area contributed by atoms with E-state index in [4.69, 9.17) is 15.2 Å². The molecule has 1 aliphatic rings. The van der Waals surface area contributed by atoms with E-state index in [1.807, 2.05) is 12.1 Å². The Balaban J connectivity index is 2.04. The first-order valence-electron chi connectivity index (χ1n) is 7.50. The average Bonchev–Trinajstić information content (AvgIpc) is 2.52. The van der Waals surface area contributed by atoms with E-state index in [1.54, 1.807) is 7.11 Å². The highest BCUT2D eigenvalue weighted by Crippen LogP contribution is 2.24. The number of ether oxygens (including phenoxy) is 2. The van der Waals surface area contributed by atoms with Gasteiger partial charge in [0.05, 0.1) is 7.11 Å². The van der Waals surface area contributed by atoms with E-state index in [-0.39, 0.29) is 0 Å². The molecule has 0 aliphatic carbocycles. The van der Waals surface area contributed by atoms with Crippen molar-refractivity contribution >= 4 is 5.69 Å². The number of rotatable bonds is 7. The van der Waals surface area contributed by atoms with Gasteiger partial charge in [0.2, 0.25) is 0 Å².